The number of carbonyl (C=O) groups excluding carboxylic acids is 1. The Kier molecular flexibility index (Phi) is 4.56. The van der Waals surface area contributed by atoms with Crippen LogP contribution in [-0.4, -0.2) is 12.5 Å². The number of furan rings is 1. The van der Waals surface area contributed by atoms with E-state index in [-0.39, 0.29) is 5.91 Å². The van der Waals surface area contributed by atoms with E-state index in [4.69, 9.17) is 4.42 Å². The predicted octanol–water partition coefficient (Wildman–Crippen LogP) is 2.96. The SMILES string of the molecule is Cc1ccc(/C=C/C(=O)NCCc2ccccc2)o1. The first kappa shape index (κ1) is 13.1. The van der Waals surface area contributed by atoms with Crippen molar-refractivity contribution in [3.8, 4) is 0 Å². The normalized spacial score (nSPS) is 10.8. The van der Waals surface area contributed by atoms with Gasteiger partial charge >= 0.3 is 0 Å². The first-order valence-corrected chi connectivity index (χ1v) is 6.30. The van der Waals surface area contributed by atoms with Gasteiger partial charge in [-0.25, -0.2) is 0 Å². The standard InChI is InChI=1S/C16H17NO2/c1-13-7-8-15(19-13)9-10-16(18)17-12-11-14-5-3-2-4-6-14/h2-10H,11-12H2,1H3,(H,17,18)/b10-9+. The Morgan fingerprint density at radius 2 is 2.00 bits per heavy atom. The maximum Gasteiger partial charge on any atom is 0.244 e. The van der Waals surface area contributed by atoms with E-state index >= 15 is 0 Å². The number of hydrogen-bond donors (Lipinski definition) is 1. The Balaban J connectivity index is 1.74. The second-order valence-corrected chi connectivity index (χ2v) is 4.31. The van der Waals surface area contributed by atoms with Gasteiger partial charge in [-0.05, 0) is 37.1 Å². The quantitative estimate of drug-likeness (QED) is 0.835. The minimum Gasteiger partial charge on any atom is -0.462 e. The summed E-state index contributed by atoms with van der Waals surface area (Å²) in [4.78, 5) is 11.6. The van der Waals surface area contributed by atoms with Crippen LogP contribution < -0.4 is 5.32 Å². The molecule has 1 N–H and O–H groups in total. The van der Waals surface area contributed by atoms with Crippen molar-refractivity contribution in [2.24, 2.45) is 0 Å². The highest BCUT2D eigenvalue weighted by Gasteiger charge is 1.97. The van der Waals surface area contributed by atoms with Crippen molar-refractivity contribution in [2.45, 2.75) is 13.3 Å². The van der Waals surface area contributed by atoms with Crippen molar-refractivity contribution in [2.75, 3.05) is 6.54 Å². The third kappa shape index (κ3) is 4.47. The monoisotopic (exact) mass is 255 g/mol. The van der Waals surface area contributed by atoms with Crippen LogP contribution in [0, 0.1) is 6.92 Å². The summed E-state index contributed by atoms with van der Waals surface area (Å²) in [5.41, 5.74) is 1.22. The minimum atomic E-state index is -0.106. The van der Waals surface area contributed by atoms with Crippen LogP contribution in [0.25, 0.3) is 6.08 Å². The van der Waals surface area contributed by atoms with Gasteiger partial charge in [0.1, 0.15) is 11.5 Å². The van der Waals surface area contributed by atoms with Crippen LogP contribution in [0.1, 0.15) is 17.1 Å². The van der Waals surface area contributed by atoms with Gasteiger partial charge in [0.15, 0.2) is 0 Å². The third-order valence-electron chi connectivity index (χ3n) is 2.72. The zero-order chi connectivity index (χ0) is 13.5. The molecule has 1 heterocycles. The molecule has 0 saturated carbocycles. The second kappa shape index (κ2) is 6.59. The lowest BCUT2D eigenvalue weighted by molar-refractivity contribution is -0.116. The summed E-state index contributed by atoms with van der Waals surface area (Å²) in [6.45, 7) is 2.50. The Bertz CT molecular complexity index is 555. The molecule has 3 nitrogen and oxygen atoms in total. The molecule has 2 rings (SSSR count). The molecule has 0 saturated heterocycles. The number of carbonyl (C=O) groups is 1. The minimum absolute atomic E-state index is 0.106. The summed E-state index contributed by atoms with van der Waals surface area (Å²) in [5.74, 6) is 1.42. The van der Waals surface area contributed by atoms with E-state index in [1.54, 1.807) is 6.08 Å². The second-order valence-electron chi connectivity index (χ2n) is 4.31. The van der Waals surface area contributed by atoms with Crippen molar-refractivity contribution in [1.29, 1.82) is 0 Å². The van der Waals surface area contributed by atoms with Crippen LogP contribution in [0.3, 0.4) is 0 Å². The van der Waals surface area contributed by atoms with Gasteiger partial charge in [-0.3, -0.25) is 4.79 Å². The van der Waals surface area contributed by atoms with Crippen LogP contribution in [0.5, 0.6) is 0 Å². The van der Waals surface area contributed by atoms with E-state index in [0.717, 1.165) is 12.2 Å². The molecular weight excluding hydrogens is 238 g/mol. The van der Waals surface area contributed by atoms with Gasteiger partial charge in [0.05, 0.1) is 0 Å². The molecule has 0 aliphatic rings. The molecule has 1 aromatic carbocycles. The van der Waals surface area contributed by atoms with Gasteiger partial charge in [-0.1, -0.05) is 30.3 Å². The van der Waals surface area contributed by atoms with Crippen molar-refractivity contribution in [3.63, 3.8) is 0 Å². The van der Waals surface area contributed by atoms with Crippen LogP contribution in [0.4, 0.5) is 0 Å². The molecule has 0 aliphatic carbocycles. The summed E-state index contributed by atoms with van der Waals surface area (Å²) < 4.78 is 5.34. The molecule has 3 heteroatoms. The molecule has 1 amide bonds. The Labute approximate surface area is 112 Å². The fourth-order valence-electron chi connectivity index (χ4n) is 1.73. The molecule has 0 atom stereocenters. The molecule has 98 valence electrons. The van der Waals surface area contributed by atoms with Gasteiger partial charge in [-0.15, -0.1) is 0 Å². The van der Waals surface area contributed by atoms with E-state index in [1.807, 2.05) is 49.4 Å². The van der Waals surface area contributed by atoms with Gasteiger partial charge in [0, 0.05) is 12.6 Å². The average Bonchev–Trinajstić information content (AvgIpc) is 2.83. The lowest BCUT2D eigenvalue weighted by Crippen LogP contribution is -2.23. The number of nitrogens with one attached hydrogen (secondary N) is 1. The number of aryl methyl sites for hydroxylation is 1. The van der Waals surface area contributed by atoms with Crippen LogP contribution in [0.2, 0.25) is 0 Å². The zero-order valence-corrected chi connectivity index (χ0v) is 10.9. The Morgan fingerprint density at radius 3 is 2.68 bits per heavy atom. The number of hydrogen-bond acceptors (Lipinski definition) is 2. The number of rotatable bonds is 5. The topological polar surface area (TPSA) is 42.2 Å². The third-order valence-corrected chi connectivity index (χ3v) is 2.72. The van der Waals surface area contributed by atoms with Crippen molar-refractivity contribution >= 4 is 12.0 Å². The van der Waals surface area contributed by atoms with Crippen LogP contribution >= 0.6 is 0 Å². The lowest BCUT2D eigenvalue weighted by Gasteiger charge is -2.02. The highest BCUT2D eigenvalue weighted by Crippen LogP contribution is 2.07. The highest BCUT2D eigenvalue weighted by atomic mass is 16.3. The fourth-order valence-corrected chi connectivity index (χ4v) is 1.73. The molecule has 0 aliphatic heterocycles. The van der Waals surface area contributed by atoms with Gasteiger partial charge in [-0.2, -0.15) is 0 Å². The van der Waals surface area contributed by atoms with Gasteiger partial charge in [0.2, 0.25) is 5.91 Å². The lowest BCUT2D eigenvalue weighted by atomic mass is 10.1. The first-order valence-electron chi connectivity index (χ1n) is 6.30. The molecule has 1 aromatic heterocycles. The largest absolute Gasteiger partial charge is 0.462 e. The summed E-state index contributed by atoms with van der Waals surface area (Å²) in [6.07, 6.45) is 3.99. The van der Waals surface area contributed by atoms with Crippen LogP contribution in [-0.2, 0) is 11.2 Å². The molecule has 0 spiro atoms. The molecule has 2 aromatic rings. The number of amides is 1. The predicted molar refractivity (Wildman–Crippen MR) is 75.6 cm³/mol. The van der Waals surface area contributed by atoms with E-state index in [1.165, 1.54) is 11.6 Å². The molecule has 19 heavy (non-hydrogen) atoms. The summed E-state index contributed by atoms with van der Waals surface area (Å²) in [6, 6.07) is 13.8. The van der Waals surface area contributed by atoms with Crippen molar-refractivity contribution in [1.82, 2.24) is 5.32 Å². The summed E-state index contributed by atoms with van der Waals surface area (Å²) in [7, 11) is 0. The van der Waals surface area contributed by atoms with E-state index < -0.39 is 0 Å². The molecular formula is C16H17NO2. The van der Waals surface area contributed by atoms with Crippen LogP contribution in [0.15, 0.2) is 53.0 Å². The highest BCUT2D eigenvalue weighted by molar-refractivity contribution is 5.91. The smallest absolute Gasteiger partial charge is 0.244 e. The fraction of sp³-hybridized carbons (Fsp3) is 0.188. The molecule has 0 bridgehead atoms. The molecule has 0 fully saturated rings. The maximum absolute atomic E-state index is 11.6. The average molecular weight is 255 g/mol. The molecule has 0 radical (unpaired) electrons. The van der Waals surface area contributed by atoms with Crippen molar-refractivity contribution in [3.05, 3.63) is 65.6 Å². The van der Waals surface area contributed by atoms with E-state index in [2.05, 4.69) is 5.32 Å². The Hall–Kier alpha value is -2.29. The Morgan fingerprint density at radius 1 is 1.21 bits per heavy atom. The van der Waals surface area contributed by atoms with E-state index in [9.17, 15) is 4.79 Å². The molecule has 0 unspecified atom stereocenters. The van der Waals surface area contributed by atoms with E-state index in [0.29, 0.717) is 12.3 Å². The van der Waals surface area contributed by atoms with Gasteiger partial charge in [0.25, 0.3) is 0 Å². The summed E-state index contributed by atoms with van der Waals surface area (Å²) in [5, 5.41) is 2.84. The van der Waals surface area contributed by atoms with Crippen molar-refractivity contribution < 1.29 is 9.21 Å². The maximum atomic E-state index is 11.6. The number of benzene rings is 1. The van der Waals surface area contributed by atoms with Gasteiger partial charge < -0.3 is 9.73 Å². The summed E-state index contributed by atoms with van der Waals surface area (Å²) >= 11 is 0. The first-order chi connectivity index (χ1) is 9.24. The zero-order valence-electron chi connectivity index (χ0n) is 10.9.